The van der Waals surface area contributed by atoms with Crippen LogP contribution in [-0.4, -0.2) is 6.04 Å². The standard InChI is InChI=1S/C15H20Cl2FN/c1-9(2)10-4-3-5-12(6-10)19-15-13(16)7-11(18)8-14(15)17/h7-10,12,19H,3-6H2,1-2H3. The van der Waals surface area contributed by atoms with Crippen molar-refractivity contribution in [1.29, 1.82) is 0 Å². The van der Waals surface area contributed by atoms with E-state index in [4.69, 9.17) is 23.2 Å². The van der Waals surface area contributed by atoms with E-state index in [1.54, 1.807) is 0 Å². The number of nitrogens with one attached hydrogen (secondary N) is 1. The van der Waals surface area contributed by atoms with E-state index in [-0.39, 0.29) is 0 Å². The molecule has 0 aliphatic heterocycles. The number of halogens is 3. The van der Waals surface area contributed by atoms with Gasteiger partial charge in [0.25, 0.3) is 0 Å². The van der Waals surface area contributed by atoms with Gasteiger partial charge < -0.3 is 5.32 Å². The highest BCUT2D eigenvalue weighted by Crippen LogP contribution is 2.36. The van der Waals surface area contributed by atoms with E-state index in [1.165, 1.54) is 25.0 Å². The molecule has 1 N–H and O–H groups in total. The fraction of sp³-hybridized carbons (Fsp3) is 0.600. The van der Waals surface area contributed by atoms with Gasteiger partial charge in [0, 0.05) is 6.04 Å². The van der Waals surface area contributed by atoms with Gasteiger partial charge >= 0.3 is 0 Å². The second kappa shape index (κ2) is 6.32. The molecule has 1 aromatic carbocycles. The van der Waals surface area contributed by atoms with Crippen LogP contribution < -0.4 is 5.32 Å². The molecule has 1 aliphatic carbocycles. The van der Waals surface area contributed by atoms with E-state index in [1.807, 2.05) is 0 Å². The maximum Gasteiger partial charge on any atom is 0.126 e. The Hall–Kier alpha value is -0.470. The Labute approximate surface area is 124 Å². The monoisotopic (exact) mass is 303 g/mol. The van der Waals surface area contributed by atoms with E-state index in [0.717, 1.165) is 18.8 Å². The quantitative estimate of drug-likeness (QED) is 0.748. The van der Waals surface area contributed by atoms with Crippen molar-refractivity contribution in [2.24, 2.45) is 11.8 Å². The third kappa shape index (κ3) is 3.76. The van der Waals surface area contributed by atoms with Crippen LogP contribution in [0.4, 0.5) is 10.1 Å². The Morgan fingerprint density at radius 3 is 2.42 bits per heavy atom. The molecule has 0 amide bonds. The summed E-state index contributed by atoms with van der Waals surface area (Å²) in [5, 5.41) is 4.11. The molecular weight excluding hydrogens is 284 g/mol. The van der Waals surface area contributed by atoms with E-state index in [2.05, 4.69) is 19.2 Å². The topological polar surface area (TPSA) is 12.0 Å². The minimum absolute atomic E-state index is 0.358. The lowest BCUT2D eigenvalue weighted by Crippen LogP contribution is -2.29. The van der Waals surface area contributed by atoms with Crippen LogP contribution >= 0.6 is 23.2 Å². The molecule has 1 fully saturated rings. The molecule has 1 saturated carbocycles. The molecule has 0 spiro atoms. The summed E-state index contributed by atoms with van der Waals surface area (Å²) in [6.45, 7) is 4.54. The molecule has 2 unspecified atom stereocenters. The maximum absolute atomic E-state index is 13.2. The van der Waals surface area contributed by atoms with Crippen LogP contribution in [0.3, 0.4) is 0 Å². The van der Waals surface area contributed by atoms with Crippen LogP contribution in [0.5, 0.6) is 0 Å². The molecule has 2 atom stereocenters. The summed E-state index contributed by atoms with van der Waals surface area (Å²) < 4.78 is 13.2. The van der Waals surface area contributed by atoms with Crippen LogP contribution in [0, 0.1) is 17.7 Å². The lowest BCUT2D eigenvalue weighted by molar-refractivity contribution is 0.264. The summed E-state index contributed by atoms with van der Waals surface area (Å²) in [6, 6.07) is 2.98. The molecule has 106 valence electrons. The molecule has 0 bridgehead atoms. The lowest BCUT2D eigenvalue weighted by Gasteiger charge is -2.33. The van der Waals surface area contributed by atoms with E-state index >= 15 is 0 Å². The minimum Gasteiger partial charge on any atom is -0.380 e. The molecule has 1 nitrogen and oxygen atoms in total. The largest absolute Gasteiger partial charge is 0.380 e. The Kier molecular flexibility index (Phi) is 4.97. The van der Waals surface area contributed by atoms with Gasteiger partial charge in [0.1, 0.15) is 5.82 Å². The van der Waals surface area contributed by atoms with Crippen molar-refractivity contribution in [2.75, 3.05) is 5.32 Å². The fourth-order valence-corrected chi connectivity index (χ4v) is 3.42. The second-order valence-electron chi connectivity index (χ2n) is 5.76. The summed E-state index contributed by atoms with van der Waals surface area (Å²) in [6.07, 6.45) is 4.76. The predicted molar refractivity (Wildman–Crippen MR) is 80.6 cm³/mol. The average molecular weight is 304 g/mol. The Morgan fingerprint density at radius 1 is 1.21 bits per heavy atom. The molecule has 0 radical (unpaired) electrons. The van der Waals surface area contributed by atoms with Crippen LogP contribution in [0.25, 0.3) is 0 Å². The van der Waals surface area contributed by atoms with Crippen molar-refractivity contribution < 1.29 is 4.39 Å². The normalized spacial score (nSPS) is 23.7. The number of rotatable bonds is 3. The molecule has 1 aliphatic rings. The average Bonchev–Trinajstić information content (AvgIpc) is 2.34. The van der Waals surface area contributed by atoms with Crippen molar-refractivity contribution in [1.82, 2.24) is 0 Å². The van der Waals surface area contributed by atoms with Gasteiger partial charge in [-0.25, -0.2) is 4.39 Å². The van der Waals surface area contributed by atoms with Crippen LogP contribution in [-0.2, 0) is 0 Å². The first-order chi connectivity index (χ1) is 8.97. The van der Waals surface area contributed by atoms with E-state index < -0.39 is 5.82 Å². The third-order valence-corrected chi connectivity index (χ3v) is 4.61. The van der Waals surface area contributed by atoms with Crippen molar-refractivity contribution in [3.63, 3.8) is 0 Å². The SMILES string of the molecule is CC(C)C1CCCC(Nc2c(Cl)cc(F)cc2Cl)C1. The summed E-state index contributed by atoms with van der Waals surface area (Å²) in [5.74, 6) is 1.04. The highest BCUT2D eigenvalue weighted by molar-refractivity contribution is 6.39. The smallest absolute Gasteiger partial charge is 0.126 e. The van der Waals surface area contributed by atoms with Crippen molar-refractivity contribution in [3.05, 3.63) is 28.0 Å². The van der Waals surface area contributed by atoms with Gasteiger partial charge in [-0.15, -0.1) is 0 Å². The minimum atomic E-state index is -0.399. The van der Waals surface area contributed by atoms with E-state index in [9.17, 15) is 4.39 Å². The maximum atomic E-state index is 13.2. The molecule has 0 saturated heterocycles. The molecule has 4 heteroatoms. The van der Waals surface area contributed by atoms with E-state index in [0.29, 0.717) is 27.7 Å². The van der Waals surface area contributed by atoms with Gasteiger partial charge in [-0.05, 0) is 36.8 Å². The van der Waals surface area contributed by atoms with Crippen molar-refractivity contribution >= 4 is 28.9 Å². The van der Waals surface area contributed by atoms with Crippen molar-refractivity contribution in [2.45, 2.75) is 45.6 Å². The summed E-state index contributed by atoms with van der Waals surface area (Å²) in [7, 11) is 0. The van der Waals surface area contributed by atoms with Crippen LogP contribution in [0.1, 0.15) is 39.5 Å². The summed E-state index contributed by atoms with van der Waals surface area (Å²) in [5.41, 5.74) is 0.666. The van der Waals surface area contributed by atoms with Gasteiger partial charge in [0.2, 0.25) is 0 Å². The zero-order valence-electron chi connectivity index (χ0n) is 11.3. The first kappa shape index (κ1) is 14.9. The number of hydrogen-bond acceptors (Lipinski definition) is 1. The second-order valence-corrected chi connectivity index (χ2v) is 6.57. The Balaban J connectivity index is 2.09. The van der Waals surface area contributed by atoms with Gasteiger partial charge in [0.05, 0.1) is 15.7 Å². The van der Waals surface area contributed by atoms with Gasteiger partial charge in [-0.3, -0.25) is 0 Å². The molecule has 0 aromatic heterocycles. The van der Waals surface area contributed by atoms with Gasteiger partial charge in [-0.1, -0.05) is 49.9 Å². The van der Waals surface area contributed by atoms with Crippen LogP contribution in [0.15, 0.2) is 12.1 Å². The number of hydrogen-bond donors (Lipinski definition) is 1. The first-order valence-electron chi connectivity index (χ1n) is 6.88. The lowest BCUT2D eigenvalue weighted by atomic mass is 9.79. The third-order valence-electron chi connectivity index (χ3n) is 4.01. The van der Waals surface area contributed by atoms with Gasteiger partial charge in [0.15, 0.2) is 0 Å². The summed E-state index contributed by atoms with van der Waals surface area (Å²) >= 11 is 12.1. The zero-order valence-corrected chi connectivity index (χ0v) is 12.9. The Morgan fingerprint density at radius 2 is 1.84 bits per heavy atom. The molecule has 19 heavy (non-hydrogen) atoms. The molecule has 0 heterocycles. The molecular formula is C15H20Cl2FN. The fourth-order valence-electron chi connectivity index (χ4n) is 2.85. The predicted octanol–water partition coefficient (Wildman–Crippen LogP) is 5.76. The van der Waals surface area contributed by atoms with Gasteiger partial charge in [-0.2, -0.15) is 0 Å². The Bertz CT molecular complexity index is 425. The van der Waals surface area contributed by atoms with Crippen LogP contribution in [0.2, 0.25) is 10.0 Å². The highest BCUT2D eigenvalue weighted by atomic mass is 35.5. The summed E-state index contributed by atoms with van der Waals surface area (Å²) in [4.78, 5) is 0. The number of benzene rings is 1. The molecule has 1 aromatic rings. The van der Waals surface area contributed by atoms with Crippen molar-refractivity contribution in [3.8, 4) is 0 Å². The number of anilines is 1. The highest BCUT2D eigenvalue weighted by Gasteiger charge is 2.25. The molecule has 2 rings (SSSR count). The zero-order chi connectivity index (χ0) is 14.0. The first-order valence-corrected chi connectivity index (χ1v) is 7.64.